The van der Waals surface area contributed by atoms with E-state index in [1.54, 1.807) is 6.92 Å². The van der Waals surface area contributed by atoms with Crippen LogP contribution in [-0.2, 0) is 16.6 Å². The molecule has 25 heavy (non-hydrogen) atoms. The van der Waals surface area contributed by atoms with E-state index in [9.17, 15) is 8.42 Å². The Bertz CT molecular complexity index is 691. The minimum Gasteiger partial charge on any atom is -0.454 e. The third kappa shape index (κ3) is 6.43. The molecule has 1 aliphatic heterocycles. The molecule has 3 N–H and O–H groups in total. The summed E-state index contributed by atoms with van der Waals surface area (Å²) < 4.78 is 35.9. The Labute approximate surface area is 149 Å². The molecule has 9 heteroatoms. The molecule has 0 spiro atoms. The van der Waals surface area contributed by atoms with Gasteiger partial charge in [-0.25, -0.2) is 18.1 Å². The number of guanidine groups is 1. The summed E-state index contributed by atoms with van der Waals surface area (Å²) in [7, 11) is -3.13. The fraction of sp³-hybridized carbons (Fsp3) is 0.562. The van der Waals surface area contributed by atoms with Gasteiger partial charge in [0, 0.05) is 19.6 Å². The van der Waals surface area contributed by atoms with Crippen molar-refractivity contribution in [1.29, 1.82) is 0 Å². The summed E-state index contributed by atoms with van der Waals surface area (Å²) in [5.41, 5.74) is 1.03. The number of sulfonamides is 1. The highest BCUT2D eigenvalue weighted by molar-refractivity contribution is 7.89. The number of nitrogens with zero attached hydrogens (tertiary/aromatic N) is 1. The van der Waals surface area contributed by atoms with Crippen molar-refractivity contribution in [1.82, 2.24) is 15.4 Å². The van der Waals surface area contributed by atoms with Gasteiger partial charge in [-0.05, 0) is 38.0 Å². The number of hydrogen-bond donors (Lipinski definition) is 3. The molecule has 1 aromatic rings. The van der Waals surface area contributed by atoms with Crippen LogP contribution in [0.3, 0.4) is 0 Å². The van der Waals surface area contributed by atoms with E-state index in [4.69, 9.17) is 9.47 Å². The fourth-order valence-electron chi connectivity index (χ4n) is 2.18. The smallest absolute Gasteiger partial charge is 0.231 e. The zero-order valence-electron chi connectivity index (χ0n) is 14.7. The molecule has 0 bridgehead atoms. The lowest BCUT2D eigenvalue weighted by Crippen LogP contribution is -2.38. The van der Waals surface area contributed by atoms with Crippen molar-refractivity contribution in [2.75, 3.05) is 32.2 Å². The molecule has 0 unspecified atom stereocenters. The summed E-state index contributed by atoms with van der Waals surface area (Å²) in [6.07, 6.45) is 0.674. The van der Waals surface area contributed by atoms with Gasteiger partial charge in [0.15, 0.2) is 17.5 Å². The van der Waals surface area contributed by atoms with Crippen LogP contribution in [0.1, 0.15) is 25.8 Å². The summed E-state index contributed by atoms with van der Waals surface area (Å²) in [6, 6.07) is 5.77. The molecule has 0 aliphatic carbocycles. The first-order chi connectivity index (χ1) is 12.0. The van der Waals surface area contributed by atoms with E-state index in [1.807, 2.05) is 25.1 Å². The number of nitrogens with one attached hydrogen (secondary N) is 3. The maximum absolute atomic E-state index is 11.4. The van der Waals surface area contributed by atoms with Crippen molar-refractivity contribution in [3.05, 3.63) is 23.8 Å². The molecule has 0 amide bonds. The van der Waals surface area contributed by atoms with Gasteiger partial charge >= 0.3 is 0 Å². The number of ether oxygens (including phenoxy) is 2. The molecule has 1 aromatic carbocycles. The Morgan fingerprint density at radius 3 is 2.72 bits per heavy atom. The Morgan fingerprint density at radius 1 is 1.16 bits per heavy atom. The number of hydrogen-bond acceptors (Lipinski definition) is 5. The van der Waals surface area contributed by atoms with E-state index in [-0.39, 0.29) is 12.5 Å². The van der Waals surface area contributed by atoms with E-state index in [0.717, 1.165) is 23.6 Å². The largest absolute Gasteiger partial charge is 0.454 e. The van der Waals surface area contributed by atoms with Crippen LogP contribution in [0.5, 0.6) is 11.5 Å². The topological polar surface area (TPSA) is 101 Å². The van der Waals surface area contributed by atoms with E-state index in [2.05, 4.69) is 20.3 Å². The molecular weight excluding hydrogens is 344 g/mol. The Kier molecular flexibility index (Phi) is 7.32. The van der Waals surface area contributed by atoms with Crippen LogP contribution < -0.4 is 24.8 Å². The summed E-state index contributed by atoms with van der Waals surface area (Å²) in [5.74, 6) is 2.29. The average molecular weight is 370 g/mol. The lowest BCUT2D eigenvalue weighted by atomic mass is 10.2. The molecule has 0 saturated carbocycles. The summed E-state index contributed by atoms with van der Waals surface area (Å²) in [4.78, 5) is 4.53. The minimum absolute atomic E-state index is 0.0973. The van der Waals surface area contributed by atoms with Gasteiger partial charge in [0.2, 0.25) is 16.8 Å². The fourth-order valence-corrected chi connectivity index (χ4v) is 2.84. The second kappa shape index (κ2) is 9.47. The van der Waals surface area contributed by atoms with Crippen LogP contribution in [-0.4, -0.2) is 46.6 Å². The second-order valence-corrected chi connectivity index (χ2v) is 7.56. The third-order valence-corrected chi connectivity index (χ3v) is 4.95. The molecule has 1 heterocycles. The Balaban J connectivity index is 1.80. The predicted molar refractivity (Wildman–Crippen MR) is 97.5 cm³/mol. The molecule has 8 nitrogen and oxygen atoms in total. The molecule has 0 radical (unpaired) electrons. The van der Waals surface area contributed by atoms with Crippen molar-refractivity contribution < 1.29 is 17.9 Å². The quantitative estimate of drug-likeness (QED) is 0.338. The standard InChI is InChI=1S/C16H26N4O4S/c1-3-17-16(18-8-5-9-20-25(21,22)4-2)19-11-13-6-7-14-15(10-13)24-12-23-14/h6-7,10,20H,3-5,8-9,11-12H2,1-2H3,(H2,17,18,19). The summed E-state index contributed by atoms with van der Waals surface area (Å²) >= 11 is 0. The van der Waals surface area contributed by atoms with E-state index in [1.165, 1.54) is 0 Å². The Hall–Kier alpha value is -2.00. The van der Waals surface area contributed by atoms with Crippen LogP contribution in [0.25, 0.3) is 0 Å². The first-order valence-electron chi connectivity index (χ1n) is 8.42. The molecular formula is C16H26N4O4S. The van der Waals surface area contributed by atoms with Gasteiger partial charge < -0.3 is 20.1 Å². The van der Waals surface area contributed by atoms with Crippen molar-refractivity contribution >= 4 is 16.0 Å². The van der Waals surface area contributed by atoms with Crippen LogP contribution in [0.2, 0.25) is 0 Å². The maximum atomic E-state index is 11.4. The third-order valence-electron chi connectivity index (χ3n) is 3.55. The highest BCUT2D eigenvalue weighted by Gasteiger charge is 2.13. The van der Waals surface area contributed by atoms with E-state index >= 15 is 0 Å². The zero-order valence-corrected chi connectivity index (χ0v) is 15.5. The zero-order chi connectivity index (χ0) is 18.1. The van der Waals surface area contributed by atoms with Crippen LogP contribution in [0.15, 0.2) is 23.2 Å². The van der Waals surface area contributed by atoms with E-state index in [0.29, 0.717) is 32.0 Å². The molecule has 0 saturated heterocycles. The van der Waals surface area contributed by atoms with Gasteiger partial charge in [-0.1, -0.05) is 6.07 Å². The molecule has 0 fully saturated rings. The molecule has 0 aromatic heterocycles. The van der Waals surface area contributed by atoms with Crippen LogP contribution in [0.4, 0.5) is 0 Å². The van der Waals surface area contributed by atoms with Gasteiger partial charge in [-0.15, -0.1) is 0 Å². The SMILES string of the molecule is CCNC(=NCc1ccc2c(c1)OCO2)NCCCNS(=O)(=O)CC. The monoisotopic (exact) mass is 370 g/mol. The normalized spacial score (nSPS) is 13.8. The van der Waals surface area contributed by atoms with Crippen molar-refractivity contribution in [3.63, 3.8) is 0 Å². The lowest BCUT2D eigenvalue weighted by Gasteiger charge is -2.11. The van der Waals surface area contributed by atoms with Crippen molar-refractivity contribution in [2.24, 2.45) is 4.99 Å². The molecule has 1 aliphatic rings. The van der Waals surface area contributed by atoms with Crippen molar-refractivity contribution in [2.45, 2.75) is 26.8 Å². The molecule has 2 rings (SSSR count). The van der Waals surface area contributed by atoms with Gasteiger partial charge in [-0.2, -0.15) is 0 Å². The van der Waals surface area contributed by atoms with Gasteiger partial charge in [0.05, 0.1) is 12.3 Å². The van der Waals surface area contributed by atoms with Crippen molar-refractivity contribution in [3.8, 4) is 11.5 Å². The molecule has 140 valence electrons. The van der Waals surface area contributed by atoms with Gasteiger partial charge in [0.1, 0.15) is 0 Å². The minimum atomic E-state index is -3.13. The molecule has 0 atom stereocenters. The van der Waals surface area contributed by atoms with E-state index < -0.39 is 10.0 Å². The van der Waals surface area contributed by atoms with Gasteiger partial charge in [0.25, 0.3) is 0 Å². The number of fused-ring (bicyclic) bond motifs is 1. The van der Waals surface area contributed by atoms with Gasteiger partial charge in [-0.3, -0.25) is 0 Å². The summed E-state index contributed by atoms with van der Waals surface area (Å²) in [5, 5.41) is 6.36. The number of aliphatic imine (C=N–C) groups is 1. The Morgan fingerprint density at radius 2 is 1.96 bits per heavy atom. The maximum Gasteiger partial charge on any atom is 0.231 e. The highest BCUT2D eigenvalue weighted by Crippen LogP contribution is 2.32. The predicted octanol–water partition coefficient (Wildman–Crippen LogP) is 0.800. The lowest BCUT2D eigenvalue weighted by molar-refractivity contribution is 0.174. The number of benzene rings is 1. The second-order valence-electron chi connectivity index (χ2n) is 5.46. The first kappa shape index (κ1) is 19.3. The number of rotatable bonds is 9. The van der Waals surface area contributed by atoms with Crippen LogP contribution >= 0.6 is 0 Å². The summed E-state index contributed by atoms with van der Waals surface area (Å²) in [6.45, 7) is 6.15. The average Bonchev–Trinajstić information content (AvgIpc) is 3.07. The highest BCUT2D eigenvalue weighted by atomic mass is 32.2. The first-order valence-corrected chi connectivity index (χ1v) is 10.1. The van der Waals surface area contributed by atoms with Crippen LogP contribution in [0, 0.1) is 0 Å².